The quantitative estimate of drug-likeness (QED) is 0.628. The molecule has 1 aliphatic heterocycles. The van der Waals surface area contributed by atoms with E-state index in [1.807, 2.05) is 77.7 Å². The van der Waals surface area contributed by atoms with Crippen molar-refractivity contribution in [3.63, 3.8) is 0 Å². The molecular weight excluding hydrogens is 338 g/mol. The lowest BCUT2D eigenvalue weighted by molar-refractivity contribution is -0.124. The van der Waals surface area contributed by atoms with Crippen LogP contribution in [0.5, 0.6) is 0 Å². The number of hydrogen-bond donors (Lipinski definition) is 3. The van der Waals surface area contributed by atoms with Gasteiger partial charge in [-0.2, -0.15) is 5.10 Å². The Labute approximate surface area is 158 Å². The van der Waals surface area contributed by atoms with E-state index in [2.05, 4.69) is 21.3 Å². The number of benzene rings is 2. The van der Waals surface area contributed by atoms with Crippen LogP contribution in [0.2, 0.25) is 0 Å². The number of amides is 1. The maximum Gasteiger partial charge on any atom is 0.226 e. The molecule has 138 valence electrons. The number of hydrazine groups is 1. The van der Waals surface area contributed by atoms with Crippen LogP contribution in [0.3, 0.4) is 0 Å². The third kappa shape index (κ3) is 4.07. The van der Waals surface area contributed by atoms with E-state index < -0.39 is 0 Å². The molecule has 1 amide bonds. The summed E-state index contributed by atoms with van der Waals surface area (Å²) in [4.78, 5) is 12.6. The molecule has 1 aromatic heterocycles. The third-order valence-corrected chi connectivity index (χ3v) is 4.85. The Morgan fingerprint density at radius 2 is 1.85 bits per heavy atom. The molecule has 3 aromatic rings. The van der Waals surface area contributed by atoms with Gasteiger partial charge >= 0.3 is 0 Å². The normalized spacial score (nSPS) is 19.1. The summed E-state index contributed by atoms with van der Waals surface area (Å²) in [6, 6.07) is 20.1. The first-order valence-corrected chi connectivity index (χ1v) is 9.21. The van der Waals surface area contributed by atoms with Crippen LogP contribution in [-0.4, -0.2) is 28.8 Å². The lowest BCUT2D eigenvalue weighted by Gasteiger charge is -2.18. The zero-order valence-corrected chi connectivity index (χ0v) is 15.0. The van der Waals surface area contributed by atoms with Crippen molar-refractivity contribution < 1.29 is 4.79 Å². The van der Waals surface area contributed by atoms with E-state index in [4.69, 9.17) is 0 Å². The Kier molecular flexibility index (Phi) is 5.27. The monoisotopic (exact) mass is 361 g/mol. The molecule has 2 heterocycles. The lowest BCUT2D eigenvalue weighted by Crippen LogP contribution is -2.36. The van der Waals surface area contributed by atoms with Gasteiger partial charge in [0.2, 0.25) is 5.91 Å². The molecule has 2 aromatic carbocycles. The molecule has 2 unspecified atom stereocenters. The molecule has 1 fully saturated rings. The van der Waals surface area contributed by atoms with Crippen molar-refractivity contribution in [1.82, 2.24) is 25.9 Å². The predicted octanol–water partition coefficient (Wildman–Crippen LogP) is 2.00. The first-order valence-electron chi connectivity index (χ1n) is 9.21. The van der Waals surface area contributed by atoms with Crippen molar-refractivity contribution in [3.8, 4) is 5.69 Å². The standard InChI is InChI=1S/C21H23N5O/c27-21(19-14-23-25-20(19)17-7-3-1-4-8-17)22-12-11-16-13-24-26(15-16)18-9-5-2-6-10-18/h1-10,13,15,19-20,23,25H,11-12,14H2,(H,22,27). The molecule has 6 heteroatoms. The van der Waals surface area contributed by atoms with Gasteiger partial charge in [-0.1, -0.05) is 48.5 Å². The molecule has 1 aliphatic rings. The molecular formula is C21H23N5O. The van der Waals surface area contributed by atoms with Gasteiger partial charge in [0.1, 0.15) is 0 Å². The molecule has 3 N–H and O–H groups in total. The van der Waals surface area contributed by atoms with Gasteiger partial charge in [0.25, 0.3) is 0 Å². The first kappa shape index (κ1) is 17.5. The van der Waals surface area contributed by atoms with Crippen LogP contribution in [-0.2, 0) is 11.2 Å². The van der Waals surface area contributed by atoms with Crippen molar-refractivity contribution in [2.24, 2.45) is 5.92 Å². The highest BCUT2D eigenvalue weighted by Gasteiger charge is 2.33. The Balaban J connectivity index is 1.31. The van der Waals surface area contributed by atoms with E-state index in [0.717, 1.165) is 23.2 Å². The summed E-state index contributed by atoms with van der Waals surface area (Å²) in [6.45, 7) is 1.22. The SMILES string of the molecule is O=C(NCCc1cnn(-c2ccccc2)c1)C1CNNC1c1ccccc1. The third-order valence-electron chi connectivity index (χ3n) is 4.85. The lowest BCUT2D eigenvalue weighted by atomic mass is 9.94. The van der Waals surface area contributed by atoms with Gasteiger partial charge in [0.05, 0.1) is 23.8 Å². The van der Waals surface area contributed by atoms with Gasteiger partial charge in [-0.15, -0.1) is 0 Å². The molecule has 2 atom stereocenters. The maximum absolute atomic E-state index is 12.6. The number of rotatable bonds is 6. The van der Waals surface area contributed by atoms with Crippen molar-refractivity contribution in [3.05, 3.63) is 84.2 Å². The van der Waals surface area contributed by atoms with Crippen LogP contribution in [0, 0.1) is 5.92 Å². The fourth-order valence-electron chi connectivity index (χ4n) is 3.39. The van der Waals surface area contributed by atoms with E-state index in [1.54, 1.807) is 0 Å². The van der Waals surface area contributed by atoms with Gasteiger partial charge in [-0.3, -0.25) is 10.2 Å². The summed E-state index contributed by atoms with van der Waals surface area (Å²) < 4.78 is 1.85. The second kappa shape index (κ2) is 8.16. The number of nitrogens with one attached hydrogen (secondary N) is 3. The van der Waals surface area contributed by atoms with Crippen LogP contribution in [0.4, 0.5) is 0 Å². The highest BCUT2D eigenvalue weighted by atomic mass is 16.2. The average molecular weight is 361 g/mol. The molecule has 6 nitrogen and oxygen atoms in total. The van der Waals surface area contributed by atoms with Gasteiger partial charge in [-0.05, 0) is 29.7 Å². The second-order valence-electron chi connectivity index (χ2n) is 6.69. The van der Waals surface area contributed by atoms with E-state index in [-0.39, 0.29) is 17.9 Å². The molecule has 4 rings (SSSR count). The topological polar surface area (TPSA) is 71.0 Å². The Bertz CT molecular complexity index is 878. The predicted molar refractivity (Wildman–Crippen MR) is 104 cm³/mol. The molecule has 0 spiro atoms. The summed E-state index contributed by atoms with van der Waals surface area (Å²) in [5.41, 5.74) is 9.56. The number of carbonyl (C=O) groups excluding carboxylic acids is 1. The number of hydrogen-bond acceptors (Lipinski definition) is 4. The minimum Gasteiger partial charge on any atom is -0.355 e. The molecule has 0 aliphatic carbocycles. The van der Waals surface area contributed by atoms with Crippen molar-refractivity contribution in [2.45, 2.75) is 12.5 Å². The number of nitrogens with zero attached hydrogens (tertiary/aromatic N) is 2. The van der Waals surface area contributed by atoms with Gasteiger partial charge < -0.3 is 5.32 Å². The average Bonchev–Trinajstić information content (AvgIpc) is 3.39. The summed E-state index contributed by atoms with van der Waals surface area (Å²) in [5, 5.41) is 7.46. The number of para-hydroxylation sites is 1. The van der Waals surface area contributed by atoms with Crippen molar-refractivity contribution in [2.75, 3.05) is 13.1 Å². The molecule has 0 radical (unpaired) electrons. The summed E-state index contributed by atoms with van der Waals surface area (Å²) in [7, 11) is 0. The fourth-order valence-corrected chi connectivity index (χ4v) is 3.39. The van der Waals surface area contributed by atoms with E-state index in [9.17, 15) is 4.79 Å². The minimum atomic E-state index is -0.126. The van der Waals surface area contributed by atoms with Crippen LogP contribution < -0.4 is 16.2 Å². The highest BCUT2D eigenvalue weighted by molar-refractivity contribution is 5.80. The Hall–Kier alpha value is -2.96. The highest BCUT2D eigenvalue weighted by Crippen LogP contribution is 2.24. The van der Waals surface area contributed by atoms with Crippen LogP contribution in [0.15, 0.2) is 73.1 Å². The summed E-state index contributed by atoms with van der Waals surface area (Å²) in [5.74, 6) is -0.0590. The Morgan fingerprint density at radius 3 is 2.63 bits per heavy atom. The molecule has 0 bridgehead atoms. The smallest absolute Gasteiger partial charge is 0.226 e. The van der Waals surface area contributed by atoms with E-state index >= 15 is 0 Å². The zero-order chi connectivity index (χ0) is 18.5. The second-order valence-corrected chi connectivity index (χ2v) is 6.69. The number of aromatic nitrogens is 2. The van der Waals surface area contributed by atoms with Crippen LogP contribution in [0.25, 0.3) is 5.69 Å². The summed E-state index contributed by atoms with van der Waals surface area (Å²) >= 11 is 0. The van der Waals surface area contributed by atoms with Gasteiger partial charge in [0.15, 0.2) is 0 Å². The minimum absolute atomic E-state index is 0.00738. The maximum atomic E-state index is 12.6. The van der Waals surface area contributed by atoms with Crippen molar-refractivity contribution in [1.29, 1.82) is 0 Å². The molecule has 0 saturated carbocycles. The van der Waals surface area contributed by atoms with Gasteiger partial charge in [-0.25, -0.2) is 10.1 Å². The van der Waals surface area contributed by atoms with E-state index in [0.29, 0.717) is 13.1 Å². The van der Waals surface area contributed by atoms with Gasteiger partial charge in [0, 0.05) is 19.3 Å². The Morgan fingerprint density at radius 1 is 1.11 bits per heavy atom. The van der Waals surface area contributed by atoms with Crippen LogP contribution >= 0.6 is 0 Å². The number of carbonyl (C=O) groups is 1. The van der Waals surface area contributed by atoms with Crippen LogP contribution in [0.1, 0.15) is 17.2 Å². The van der Waals surface area contributed by atoms with E-state index in [1.165, 1.54) is 0 Å². The van der Waals surface area contributed by atoms with Crippen molar-refractivity contribution >= 4 is 5.91 Å². The summed E-state index contributed by atoms with van der Waals surface area (Å²) in [6.07, 6.45) is 4.61. The zero-order valence-electron chi connectivity index (χ0n) is 15.0. The first-order chi connectivity index (χ1) is 13.3. The fraction of sp³-hybridized carbons (Fsp3) is 0.238. The molecule has 1 saturated heterocycles. The molecule has 27 heavy (non-hydrogen) atoms. The largest absolute Gasteiger partial charge is 0.355 e.